The first-order valence-electron chi connectivity index (χ1n) is 7.81. The number of ether oxygens (including phenoxy) is 1. The predicted octanol–water partition coefficient (Wildman–Crippen LogP) is 1.96. The van der Waals surface area contributed by atoms with Crippen molar-refractivity contribution in [3.8, 4) is 11.4 Å². The van der Waals surface area contributed by atoms with Gasteiger partial charge in [0.15, 0.2) is 5.69 Å². The fourth-order valence-electron chi connectivity index (χ4n) is 2.98. The molecule has 1 aromatic heterocycles. The van der Waals surface area contributed by atoms with Crippen molar-refractivity contribution < 1.29 is 19.4 Å². The number of aromatic nitrogens is 2. The summed E-state index contributed by atoms with van der Waals surface area (Å²) in [7, 11) is 1.60. The first-order valence-corrected chi connectivity index (χ1v) is 7.81. The third-order valence-corrected chi connectivity index (χ3v) is 4.19. The van der Waals surface area contributed by atoms with E-state index in [1.165, 1.54) is 0 Å². The zero-order valence-electron chi connectivity index (χ0n) is 13.4. The molecule has 1 aliphatic heterocycles. The molecule has 1 N–H and O–H groups in total. The van der Waals surface area contributed by atoms with Gasteiger partial charge in [0.25, 0.3) is 5.91 Å². The Bertz CT molecular complexity index is 739. The normalized spacial score (nSPS) is 17.0. The second-order valence-electron chi connectivity index (χ2n) is 5.74. The van der Waals surface area contributed by atoms with Crippen LogP contribution in [-0.2, 0) is 4.79 Å². The van der Waals surface area contributed by atoms with E-state index in [2.05, 4.69) is 5.10 Å². The van der Waals surface area contributed by atoms with Crippen LogP contribution in [-0.4, -0.2) is 51.4 Å². The van der Waals surface area contributed by atoms with Crippen molar-refractivity contribution in [2.75, 3.05) is 13.7 Å². The Morgan fingerprint density at radius 1 is 1.29 bits per heavy atom. The average molecular weight is 329 g/mol. The molecule has 0 aliphatic carbocycles. The Kier molecular flexibility index (Phi) is 4.50. The standard InChI is InChI=1S/C17H19N3O4/c1-24-14-6-4-12(5-7-14)20-10-8-15(18-20)17(23)19-9-2-3-13(19)11-16(21)22/h4-8,10,13H,2-3,9,11H2,1H3,(H,21,22). The van der Waals surface area contributed by atoms with Crippen molar-refractivity contribution in [1.29, 1.82) is 0 Å². The molecule has 1 aliphatic rings. The Morgan fingerprint density at radius 3 is 2.71 bits per heavy atom. The molecule has 1 amide bonds. The van der Waals surface area contributed by atoms with Crippen LogP contribution in [0.4, 0.5) is 0 Å². The summed E-state index contributed by atoms with van der Waals surface area (Å²) in [4.78, 5) is 25.2. The minimum Gasteiger partial charge on any atom is -0.497 e. The number of hydrogen-bond donors (Lipinski definition) is 1. The van der Waals surface area contributed by atoms with Gasteiger partial charge in [0.2, 0.25) is 0 Å². The first kappa shape index (κ1) is 16.0. The molecule has 7 nitrogen and oxygen atoms in total. The number of rotatable bonds is 5. The van der Waals surface area contributed by atoms with Gasteiger partial charge in [-0.2, -0.15) is 5.10 Å². The third kappa shape index (κ3) is 3.24. The van der Waals surface area contributed by atoms with Crippen LogP contribution >= 0.6 is 0 Å². The number of hydrogen-bond acceptors (Lipinski definition) is 4. The second-order valence-corrected chi connectivity index (χ2v) is 5.74. The highest BCUT2D eigenvalue weighted by Crippen LogP contribution is 2.22. The van der Waals surface area contributed by atoms with Crippen molar-refractivity contribution in [2.45, 2.75) is 25.3 Å². The predicted molar refractivity (Wildman–Crippen MR) is 86.4 cm³/mol. The molecular formula is C17H19N3O4. The maximum atomic E-state index is 12.6. The van der Waals surface area contributed by atoms with Crippen molar-refractivity contribution in [2.24, 2.45) is 0 Å². The van der Waals surface area contributed by atoms with E-state index in [9.17, 15) is 9.59 Å². The lowest BCUT2D eigenvalue weighted by Gasteiger charge is -2.22. The molecule has 2 heterocycles. The van der Waals surface area contributed by atoms with E-state index in [4.69, 9.17) is 9.84 Å². The summed E-state index contributed by atoms with van der Waals surface area (Å²) in [6.45, 7) is 0.576. The number of carboxylic acids is 1. The lowest BCUT2D eigenvalue weighted by Crippen LogP contribution is -2.37. The Morgan fingerprint density at radius 2 is 2.04 bits per heavy atom. The molecule has 0 spiro atoms. The summed E-state index contributed by atoms with van der Waals surface area (Å²) in [5.41, 5.74) is 1.14. The summed E-state index contributed by atoms with van der Waals surface area (Å²) < 4.78 is 6.74. The van der Waals surface area contributed by atoms with Crippen molar-refractivity contribution in [1.82, 2.24) is 14.7 Å². The number of likely N-dealkylation sites (tertiary alicyclic amines) is 1. The minimum atomic E-state index is -0.886. The molecule has 7 heteroatoms. The van der Waals surface area contributed by atoms with Crippen molar-refractivity contribution in [3.63, 3.8) is 0 Å². The van der Waals surface area contributed by atoms with Crippen LogP contribution < -0.4 is 4.74 Å². The highest BCUT2D eigenvalue weighted by molar-refractivity contribution is 5.93. The summed E-state index contributed by atoms with van der Waals surface area (Å²) >= 11 is 0. The van der Waals surface area contributed by atoms with Gasteiger partial charge < -0.3 is 14.7 Å². The Balaban J connectivity index is 1.76. The maximum Gasteiger partial charge on any atom is 0.305 e. The van der Waals surface area contributed by atoms with Gasteiger partial charge in [-0.1, -0.05) is 0 Å². The zero-order chi connectivity index (χ0) is 17.1. The first-order chi connectivity index (χ1) is 11.6. The summed E-state index contributed by atoms with van der Waals surface area (Å²) in [6, 6.07) is 8.75. The molecule has 1 fully saturated rings. The molecule has 1 atom stereocenters. The largest absolute Gasteiger partial charge is 0.497 e. The van der Waals surface area contributed by atoms with Crippen molar-refractivity contribution in [3.05, 3.63) is 42.2 Å². The molecule has 1 unspecified atom stereocenters. The van der Waals surface area contributed by atoms with Crippen LogP contribution in [0.5, 0.6) is 5.75 Å². The molecule has 126 valence electrons. The van der Waals surface area contributed by atoms with E-state index in [1.54, 1.807) is 29.0 Å². The summed E-state index contributed by atoms with van der Waals surface area (Å²) in [5.74, 6) is -0.356. The highest BCUT2D eigenvalue weighted by Gasteiger charge is 2.31. The molecule has 0 bridgehead atoms. The quantitative estimate of drug-likeness (QED) is 0.906. The van der Waals surface area contributed by atoms with Gasteiger partial charge in [-0.3, -0.25) is 9.59 Å². The van der Waals surface area contributed by atoms with Crippen LogP contribution in [0.2, 0.25) is 0 Å². The fourth-order valence-corrected chi connectivity index (χ4v) is 2.98. The van der Waals surface area contributed by atoms with Crippen LogP contribution in [0.3, 0.4) is 0 Å². The van der Waals surface area contributed by atoms with Gasteiger partial charge >= 0.3 is 5.97 Å². The molecule has 1 saturated heterocycles. The number of aliphatic carboxylic acids is 1. The average Bonchev–Trinajstić information content (AvgIpc) is 3.23. The molecule has 2 aromatic rings. The van der Waals surface area contributed by atoms with Gasteiger partial charge in [0, 0.05) is 18.8 Å². The monoisotopic (exact) mass is 329 g/mol. The number of amides is 1. The van der Waals surface area contributed by atoms with Crippen LogP contribution in [0.1, 0.15) is 29.8 Å². The lowest BCUT2D eigenvalue weighted by atomic mass is 10.1. The van der Waals surface area contributed by atoms with Crippen LogP contribution in [0.25, 0.3) is 5.69 Å². The molecule has 0 radical (unpaired) electrons. The summed E-state index contributed by atoms with van der Waals surface area (Å²) in [6.07, 6.45) is 3.24. The van der Waals surface area contributed by atoms with E-state index >= 15 is 0 Å². The van der Waals surface area contributed by atoms with Gasteiger partial charge in [0.1, 0.15) is 5.75 Å². The molecular weight excluding hydrogens is 310 g/mol. The molecule has 1 aromatic carbocycles. The number of nitrogens with zero attached hydrogens (tertiary/aromatic N) is 3. The van der Waals surface area contributed by atoms with E-state index in [1.807, 2.05) is 24.3 Å². The van der Waals surface area contributed by atoms with Gasteiger partial charge in [-0.05, 0) is 43.2 Å². The Hall–Kier alpha value is -2.83. The van der Waals surface area contributed by atoms with Crippen LogP contribution in [0.15, 0.2) is 36.5 Å². The lowest BCUT2D eigenvalue weighted by molar-refractivity contribution is -0.137. The Labute approximate surface area is 139 Å². The van der Waals surface area contributed by atoms with Gasteiger partial charge in [0.05, 0.1) is 19.2 Å². The smallest absolute Gasteiger partial charge is 0.305 e. The van der Waals surface area contributed by atoms with Crippen molar-refractivity contribution >= 4 is 11.9 Å². The number of methoxy groups -OCH3 is 1. The minimum absolute atomic E-state index is 0.0229. The number of carbonyl (C=O) groups excluding carboxylic acids is 1. The van der Waals surface area contributed by atoms with Gasteiger partial charge in [-0.25, -0.2) is 4.68 Å². The number of benzene rings is 1. The molecule has 0 saturated carbocycles. The van der Waals surface area contributed by atoms with E-state index in [0.29, 0.717) is 12.2 Å². The topological polar surface area (TPSA) is 84.7 Å². The van der Waals surface area contributed by atoms with Crippen LogP contribution in [0, 0.1) is 0 Å². The van der Waals surface area contributed by atoms with E-state index < -0.39 is 5.97 Å². The highest BCUT2D eigenvalue weighted by atomic mass is 16.5. The zero-order valence-corrected chi connectivity index (χ0v) is 13.4. The maximum absolute atomic E-state index is 12.6. The molecule has 24 heavy (non-hydrogen) atoms. The second kappa shape index (κ2) is 6.74. The van der Waals surface area contributed by atoms with Gasteiger partial charge in [-0.15, -0.1) is 0 Å². The number of carboxylic acid groups (broad SMARTS) is 1. The fraction of sp³-hybridized carbons (Fsp3) is 0.353. The van der Waals surface area contributed by atoms with E-state index in [-0.39, 0.29) is 18.4 Å². The third-order valence-electron chi connectivity index (χ3n) is 4.19. The SMILES string of the molecule is COc1ccc(-n2ccc(C(=O)N3CCCC3CC(=O)O)n2)cc1. The number of carbonyl (C=O) groups is 2. The van der Waals surface area contributed by atoms with E-state index in [0.717, 1.165) is 24.3 Å². The molecule has 3 rings (SSSR count). The summed E-state index contributed by atoms with van der Waals surface area (Å²) in [5, 5.41) is 13.3.